The van der Waals surface area contributed by atoms with Crippen LogP contribution in [0.25, 0.3) is 0 Å². The topological polar surface area (TPSA) is 74.2 Å². The minimum Gasteiger partial charge on any atom is -0.453 e. The zero-order chi connectivity index (χ0) is 17.9. The highest BCUT2D eigenvalue weighted by Crippen LogP contribution is 2.33. The van der Waals surface area contributed by atoms with Crippen LogP contribution in [-0.4, -0.2) is 48.7 Å². The van der Waals surface area contributed by atoms with E-state index in [4.69, 9.17) is 18.9 Å². The van der Waals surface area contributed by atoms with Crippen LogP contribution in [0.3, 0.4) is 0 Å². The number of benzene rings is 2. The van der Waals surface area contributed by atoms with Crippen molar-refractivity contribution in [3.05, 3.63) is 71.8 Å². The Kier molecular flexibility index (Phi) is 4.99. The molecule has 4 rings (SSSR count). The summed E-state index contributed by atoms with van der Waals surface area (Å²) in [7, 11) is 0. The minimum absolute atomic E-state index is 0.245. The summed E-state index contributed by atoms with van der Waals surface area (Å²) >= 11 is 0. The van der Waals surface area contributed by atoms with Gasteiger partial charge in [-0.05, 0) is 12.1 Å². The van der Waals surface area contributed by atoms with Crippen LogP contribution in [-0.2, 0) is 18.9 Å². The second-order valence-electron chi connectivity index (χ2n) is 6.34. The lowest BCUT2D eigenvalue weighted by atomic mass is 10.1. The predicted molar refractivity (Wildman–Crippen MR) is 91.4 cm³/mol. The van der Waals surface area contributed by atoms with Crippen molar-refractivity contribution in [2.24, 2.45) is 0 Å². The molecule has 2 aliphatic heterocycles. The fourth-order valence-corrected chi connectivity index (χ4v) is 3.29. The Morgan fingerprint density at radius 3 is 2.19 bits per heavy atom. The number of esters is 1. The second-order valence-corrected chi connectivity index (χ2v) is 6.34. The van der Waals surface area contributed by atoms with E-state index in [0.29, 0.717) is 11.1 Å². The van der Waals surface area contributed by atoms with Gasteiger partial charge < -0.3 is 24.1 Å². The highest BCUT2D eigenvalue weighted by atomic mass is 16.7. The van der Waals surface area contributed by atoms with Crippen LogP contribution in [0, 0.1) is 0 Å². The fraction of sp³-hybridized carbons (Fsp3) is 0.350. The van der Waals surface area contributed by atoms with Gasteiger partial charge in [-0.2, -0.15) is 0 Å². The summed E-state index contributed by atoms with van der Waals surface area (Å²) < 4.78 is 22.7. The zero-order valence-corrected chi connectivity index (χ0v) is 14.1. The van der Waals surface area contributed by atoms with Crippen LogP contribution in [0.4, 0.5) is 0 Å². The SMILES string of the molecule is O=C(OC1COC2C(OC(O)c3ccccc3)COC12)c1ccccc1. The summed E-state index contributed by atoms with van der Waals surface area (Å²) in [6.07, 6.45) is -2.73. The first-order valence-electron chi connectivity index (χ1n) is 8.60. The molecule has 0 aliphatic carbocycles. The first-order valence-corrected chi connectivity index (χ1v) is 8.60. The lowest BCUT2D eigenvalue weighted by molar-refractivity contribution is -0.163. The molecule has 26 heavy (non-hydrogen) atoms. The summed E-state index contributed by atoms with van der Waals surface area (Å²) in [5.41, 5.74) is 1.15. The molecule has 0 bridgehead atoms. The molecule has 0 aromatic heterocycles. The van der Waals surface area contributed by atoms with Crippen LogP contribution in [0.2, 0.25) is 0 Å². The number of hydrogen-bond donors (Lipinski definition) is 1. The summed E-state index contributed by atoms with van der Waals surface area (Å²) in [6.45, 7) is 0.522. The third-order valence-corrected chi connectivity index (χ3v) is 4.62. The molecule has 0 spiro atoms. The van der Waals surface area contributed by atoms with Gasteiger partial charge in [0.2, 0.25) is 0 Å². The average molecular weight is 356 g/mol. The molecule has 0 amide bonds. The van der Waals surface area contributed by atoms with Crippen molar-refractivity contribution in [3.8, 4) is 0 Å². The van der Waals surface area contributed by atoms with Crippen molar-refractivity contribution < 1.29 is 28.8 Å². The molecule has 5 atom stereocenters. The van der Waals surface area contributed by atoms with Crippen molar-refractivity contribution in [2.45, 2.75) is 30.7 Å². The Bertz CT molecular complexity index is 734. The van der Waals surface area contributed by atoms with Gasteiger partial charge in [-0.15, -0.1) is 0 Å². The quantitative estimate of drug-likeness (QED) is 0.653. The standard InChI is InChI=1S/C20H20O6/c21-19(13-7-3-1-4-8-13)25-15-11-23-18-16(12-24-17(15)18)26-20(22)14-9-5-2-6-10-14/h1-10,15-19,21H,11-12H2. The maximum atomic E-state index is 12.2. The normalized spacial score (nSPS) is 28.5. The van der Waals surface area contributed by atoms with Gasteiger partial charge in [0.15, 0.2) is 12.4 Å². The molecule has 0 radical (unpaired) electrons. The molecule has 1 N–H and O–H groups in total. The van der Waals surface area contributed by atoms with Crippen LogP contribution in [0.1, 0.15) is 22.2 Å². The third-order valence-electron chi connectivity index (χ3n) is 4.62. The first-order chi connectivity index (χ1) is 12.7. The van der Waals surface area contributed by atoms with Gasteiger partial charge in [-0.3, -0.25) is 0 Å². The maximum Gasteiger partial charge on any atom is 0.338 e. The Morgan fingerprint density at radius 2 is 1.50 bits per heavy atom. The van der Waals surface area contributed by atoms with E-state index in [-0.39, 0.29) is 19.3 Å². The van der Waals surface area contributed by atoms with Gasteiger partial charge in [0.1, 0.15) is 18.3 Å². The van der Waals surface area contributed by atoms with E-state index >= 15 is 0 Å². The number of rotatable bonds is 5. The number of ether oxygens (including phenoxy) is 4. The van der Waals surface area contributed by atoms with Crippen LogP contribution in [0.5, 0.6) is 0 Å². The van der Waals surface area contributed by atoms with E-state index in [0.717, 1.165) is 0 Å². The molecule has 136 valence electrons. The van der Waals surface area contributed by atoms with Gasteiger partial charge in [-0.25, -0.2) is 4.79 Å². The zero-order valence-electron chi connectivity index (χ0n) is 14.1. The van der Waals surface area contributed by atoms with Gasteiger partial charge in [0.25, 0.3) is 0 Å². The summed E-state index contributed by atoms with van der Waals surface area (Å²) in [6, 6.07) is 17.9. The molecule has 2 fully saturated rings. The van der Waals surface area contributed by atoms with Gasteiger partial charge in [-0.1, -0.05) is 48.5 Å². The van der Waals surface area contributed by atoms with E-state index in [9.17, 15) is 9.90 Å². The molecule has 5 unspecified atom stereocenters. The van der Waals surface area contributed by atoms with E-state index in [2.05, 4.69) is 0 Å². The second kappa shape index (κ2) is 7.55. The Hall–Kier alpha value is -2.25. The molecular weight excluding hydrogens is 336 g/mol. The summed E-state index contributed by atoms with van der Waals surface area (Å²) in [4.78, 5) is 12.2. The number of hydrogen-bond acceptors (Lipinski definition) is 6. The van der Waals surface area contributed by atoms with Crippen molar-refractivity contribution in [1.29, 1.82) is 0 Å². The van der Waals surface area contributed by atoms with E-state index < -0.39 is 30.6 Å². The summed E-state index contributed by atoms with van der Waals surface area (Å²) in [5.74, 6) is -0.405. The Balaban J connectivity index is 1.36. The summed E-state index contributed by atoms with van der Waals surface area (Å²) in [5, 5.41) is 10.2. The predicted octanol–water partition coefficient (Wildman–Crippen LogP) is 2.09. The lowest BCUT2D eigenvalue weighted by Gasteiger charge is -2.20. The van der Waals surface area contributed by atoms with Crippen molar-refractivity contribution in [3.63, 3.8) is 0 Å². The molecule has 0 saturated carbocycles. The van der Waals surface area contributed by atoms with Crippen molar-refractivity contribution >= 4 is 5.97 Å². The lowest BCUT2D eigenvalue weighted by Crippen LogP contribution is -2.35. The van der Waals surface area contributed by atoms with Crippen LogP contribution in [0.15, 0.2) is 60.7 Å². The smallest absolute Gasteiger partial charge is 0.338 e. The Morgan fingerprint density at radius 1 is 0.923 bits per heavy atom. The number of carbonyl (C=O) groups is 1. The molecule has 2 saturated heterocycles. The minimum atomic E-state index is -1.06. The Labute approximate surface area is 151 Å². The molecule has 2 heterocycles. The van der Waals surface area contributed by atoms with Crippen LogP contribution < -0.4 is 0 Å². The number of aliphatic hydroxyl groups is 1. The van der Waals surface area contributed by atoms with Gasteiger partial charge >= 0.3 is 5.97 Å². The largest absolute Gasteiger partial charge is 0.453 e. The van der Waals surface area contributed by atoms with E-state index in [1.807, 2.05) is 24.3 Å². The average Bonchev–Trinajstić information content (AvgIpc) is 3.27. The fourth-order valence-electron chi connectivity index (χ4n) is 3.29. The number of fused-ring (bicyclic) bond motifs is 1. The molecule has 2 aliphatic rings. The first kappa shape index (κ1) is 17.2. The van der Waals surface area contributed by atoms with Gasteiger partial charge in [0.05, 0.1) is 18.8 Å². The van der Waals surface area contributed by atoms with Gasteiger partial charge in [0, 0.05) is 5.56 Å². The molecule has 2 aromatic carbocycles. The number of aliphatic hydroxyl groups excluding tert-OH is 1. The third kappa shape index (κ3) is 3.50. The molecule has 6 nitrogen and oxygen atoms in total. The van der Waals surface area contributed by atoms with Crippen molar-refractivity contribution in [1.82, 2.24) is 0 Å². The van der Waals surface area contributed by atoms with Crippen molar-refractivity contribution in [2.75, 3.05) is 13.2 Å². The molecule has 6 heteroatoms. The van der Waals surface area contributed by atoms with E-state index in [1.165, 1.54) is 0 Å². The highest BCUT2D eigenvalue weighted by molar-refractivity contribution is 5.89. The molecule has 2 aromatic rings. The van der Waals surface area contributed by atoms with E-state index in [1.54, 1.807) is 36.4 Å². The van der Waals surface area contributed by atoms with Crippen LogP contribution >= 0.6 is 0 Å². The molecular formula is C20H20O6. The number of carbonyl (C=O) groups excluding carboxylic acids is 1. The maximum absolute atomic E-state index is 12.2. The monoisotopic (exact) mass is 356 g/mol. The highest BCUT2D eigenvalue weighted by Gasteiger charge is 2.50.